The van der Waals surface area contributed by atoms with Crippen LogP contribution in [0.2, 0.25) is 0 Å². The second-order valence-corrected chi connectivity index (χ2v) is 7.60. The quantitative estimate of drug-likeness (QED) is 0.504. The standard InChI is InChI=1S/C19H22N6O/c1-19(2,3)11-20-10-15-13-7-6-12(9-16(13)26-25-15)22-18-17-14(23-24-18)5-4-8-21-17/h4-9,20H,10-11H2,1-3H3,(H2,22,23,24). The minimum Gasteiger partial charge on any atom is -0.356 e. The van der Waals surface area contributed by atoms with E-state index in [2.05, 4.69) is 51.7 Å². The largest absolute Gasteiger partial charge is 0.356 e. The maximum atomic E-state index is 5.51. The second kappa shape index (κ2) is 6.42. The molecule has 0 radical (unpaired) electrons. The third-order valence-corrected chi connectivity index (χ3v) is 4.08. The fourth-order valence-electron chi connectivity index (χ4n) is 2.83. The lowest BCUT2D eigenvalue weighted by Gasteiger charge is -2.18. The lowest BCUT2D eigenvalue weighted by molar-refractivity contribution is 0.373. The second-order valence-electron chi connectivity index (χ2n) is 7.60. The van der Waals surface area contributed by atoms with Crippen molar-refractivity contribution in [1.82, 2.24) is 25.7 Å². The van der Waals surface area contributed by atoms with E-state index < -0.39 is 0 Å². The van der Waals surface area contributed by atoms with Crippen molar-refractivity contribution < 1.29 is 4.52 Å². The number of rotatable bonds is 5. The third-order valence-electron chi connectivity index (χ3n) is 4.08. The molecule has 7 nitrogen and oxygen atoms in total. The van der Waals surface area contributed by atoms with Crippen molar-refractivity contribution in [3.63, 3.8) is 0 Å². The summed E-state index contributed by atoms with van der Waals surface area (Å²) in [5.74, 6) is 0.687. The molecular weight excluding hydrogens is 328 g/mol. The highest BCUT2D eigenvalue weighted by molar-refractivity contribution is 5.89. The van der Waals surface area contributed by atoms with Crippen molar-refractivity contribution in [1.29, 1.82) is 0 Å². The number of nitrogens with zero attached hydrogens (tertiary/aromatic N) is 3. The van der Waals surface area contributed by atoms with Crippen molar-refractivity contribution in [3.05, 3.63) is 42.2 Å². The number of benzene rings is 1. The summed E-state index contributed by atoms with van der Waals surface area (Å²) in [7, 11) is 0. The Bertz CT molecular complexity index is 1040. The Morgan fingerprint density at radius 1 is 1.19 bits per heavy atom. The zero-order valence-electron chi connectivity index (χ0n) is 15.1. The van der Waals surface area contributed by atoms with Gasteiger partial charge in [0.2, 0.25) is 0 Å². The molecule has 0 bridgehead atoms. The molecule has 0 spiro atoms. The number of anilines is 2. The average molecular weight is 350 g/mol. The summed E-state index contributed by atoms with van der Waals surface area (Å²) in [6.07, 6.45) is 1.75. The van der Waals surface area contributed by atoms with Gasteiger partial charge in [-0.3, -0.25) is 10.1 Å². The van der Waals surface area contributed by atoms with Crippen LogP contribution in [0.3, 0.4) is 0 Å². The van der Waals surface area contributed by atoms with Crippen molar-refractivity contribution in [2.24, 2.45) is 5.41 Å². The molecule has 0 aliphatic rings. The molecule has 0 aliphatic carbocycles. The first kappa shape index (κ1) is 16.5. The van der Waals surface area contributed by atoms with Crippen LogP contribution in [0.5, 0.6) is 0 Å². The molecule has 134 valence electrons. The van der Waals surface area contributed by atoms with Gasteiger partial charge in [0, 0.05) is 36.4 Å². The fraction of sp³-hybridized carbons (Fsp3) is 0.316. The van der Waals surface area contributed by atoms with Crippen LogP contribution >= 0.6 is 0 Å². The Balaban J connectivity index is 1.53. The van der Waals surface area contributed by atoms with Crippen LogP contribution in [-0.4, -0.2) is 26.9 Å². The highest BCUT2D eigenvalue weighted by Gasteiger charge is 2.13. The molecule has 0 unspecified atom stereocenters. The van der Waals surface area contributed by atoms with E-state index in [9.17, 15) is 0 Å². The van der Waals surface area contributed by atoms with Gasteiger partial charge >= 0.3 is 0 Å². The fourth-order valence-corrected chi connectivity index (χ4v) is 2.83. The number of pyridine rings is 1. The maximum Gasteiger partial charge on any atom is 0.178 e. The maximum absolute atomic E-state index is 5.51. The van der Waals surface area contributed by atoms with Crippen molar-refractivity contribution in [3.8, 4) is 0 Å². The highest BCUT2D eigenvalue weighted by atomic mass is 16.5. The van der Waals surface area contributed by atoms with E-state index in [-0.39, 0.29) is 5.41 Å². The smallest absolute Gasteiger partial charge is 0.178 e. The van der Waals surface area contributed by atoms with Gasteiger partial charge in [-0.25, -0.2) is 0 Å². The zero-order chi connectivity index (χ0) is 18.1. The number of fused-ring (bicyclic) bond motifs is 2. The van der Waals surface area contributed by atoms with Gasteiger partial charge in [-0.2, -0.15) is 5.10 Å². The molecule has 4 aromatic rings. The molecule has 0 saturated carbocycles. The van der Waals surface area contributed by atoms with Crippen molar-refractivity contribution in [2.45, 2.75) is 27.3 Å². The first-order valence-electron chi connectivity index (χ1n) is 8.65. The molecule has 3 aromatic heterocycles. The lowest BCUT2D eigenvalue weighted by Crippen LogP contribution is -2.26. The van der Waals surface area contributed by atoms with Crippen molar-refractivity contribution >= 4 is 33.5 Å². The molecular formula is C19H22N6O. The van der Waals surface area contributed by atoms with E-state index >= 15 is 0 Å². The zero-order valence-corrected chi connectivity index (χ0v) is 15.1. The first-order chi connectivity index (χ1) is 12.5. The molecule has 3 N–H and O–H groups in total. The monoisotopic (exact) mass is 350 g/mol. The van der Waals surface area contributed by atoms with Gasteiger partial charge in [-0.1, -0.05) is 25.9 Å². The number of hydrogen-bond acceptors (Lipinski definition) is 6. The Morgan fingerprint density at radius 3 is 2.92 bits per heavy atom. The van der Waals surface area contributed by atoms with Crippen molar-refractivity contribution in [2.75, 3.05) is 11.9 Å². The van der Waals surface area contributed by atoms with Gasteiger partial charge in [0.05, 0.1) is 5.52 Å². The summed E-state index contributed by atoms with van der Waals surface area (Å²) >= 11 is 0. The number of aromatic nitrogens is 4. The van der Waals surface area contributed by atoms with Gasteiger partial charge in [0.15, 0.2) is 11.4 Å². The SMILES string of the molecule is CC(C)(C)CNCc1noc2cc(Nc3n[nH]c4cccnc34)ccc12. The predicted molar refractivity (Wildman–Crippen MR) is 102 cm³/mol. The van der Waals surface area contributed by atoms with E-state index in [0.29, 0.717) is 12.4 Å². The van der Waals surface area contributed by atoms with Gasteiger partial charge in [0.25, 0.3) is 0 Å². The highest BCUT2D eigenvalue weighted by Crippen LogP contribution is 2.26. The van der Waals surface area contributed by atoms with Crippen LogP contribution in [0.25, 0.3) is 22.0 Å². The van der Waals surface area contributed by atoms with Crippen LogP contribution in [0.15, 0.2) is 41.1 Å². The summed E-state index contributed by atoms with van der Waals surface area (Å²) in [6.45, 7) is 8.20. The van der Waals surface area contributed by atoms with Gasteiger partial charge < -0.3 is 15.2 Å². The lowest BCUT2D eigenvalue weighted by atomic mass is 9.97. The van der Waals surface area contributed by atoms with E-state index in [0.717, 1.165) is 39.9 Å². The molecule has 0 saturated heterocycles. The van der Waals surface area contributed by atoms with Crippen LogP contribution < -0.4 is 10.6 Å². The predicted octanol–water partition coefficient (Wildman–Crippen LogP) is 3.98. The summed E-state index contributed by atoms with van der Waals surface area (Å²) < 4.78 is 5.51. The molecule has 4 rings (SSSR count). The summed E-state index contributed by atoms with van der Waals surface area (Å²) in [4.78, 5) is 4.36. The van der Waals surface area contributed by atoms with Crippen LogP contribution in [0.4, 0.5) is 11.5 Å². The summed E-state index contributed by atoms with van der Waals surface area (Å²) in [5, 5.41) is 19.2. The molecule has 0 fully saturated rings. The van der Waals surface area contributed by atoms with E-state index in [1.807, 2.05) is 30.3 Å². The van der Waals surface area contributed by atoms with E-state index in [1.165, 1.54) is 0 Å². The Hall–Kier alpha value is -2.93. The van der Waals surface area contributed by atoms with Gasteiger partial charge in [0.1, 0.15) is 11.2 Å². The molecule has 26 heavy (non-hydrogen) atoms. The van der Waals surface area contributed by atoms with Gasteiger partial charge in [-0.05, 0) is 29.7 Å². The molecule has 0 amide bonds. The topological polar surface area (TPSA) is 91.7 Å². The molecule has 0 aliphatic heterocycles. The van der Waals surface area contributed by atoms with Crippen LogP contribution in [0.1, 0.15) is 26.5 Å². The normalized spacial score (nSPS) is 12.1. The Labute approximate surface area is 151 Å². The van der Waals surface area contributed by atoms with E-state index in [1.54, 1.807) is 6.20 Å². The Morgan fingerprint density at radius 2 is 2.08 bits per heavy atom. The van der Waals surface area contributed by atoms with Crippen LogP contribution in [-0.2, 0) is 6.54 Å². The number of hydrogen-bond donors (Lipinski definition) is 3. The number of nitrogens with one attached hydrogen (secondary N) is 3. The summed E-state index contributed by atoms with van der Waals surface area (Å²) in [6, 6.07) is 9.76. The third kappa shape index (κ3) is 3.39. The minimum absolute atomic E-state index is 0.233. The van der Waals surface area contributed by atoms with Gasteiger partial charge in [-0.15, -0.1) is 0 Å². The first-order valence-corrected chi connectivity index (χ1v) is 8.65. The molecule has 7 heteroatoms. The molecule has 3 heterocycles. The van der Waals surface area contributed by atoms with E-state index in [4.69, 9.17) is 4.52 Å². The number of aromatic amines is 1. The molecule has 1 aromatic carbocycles. The average Bonchev–Trinajstić information content (AvgIpc) is 3.19. The Kier molecular flexibility index (Phi) is 4.08. The molecule has 0 atom stereocenters. The van der Waals surface area contributed by atoms with Crippen LogP contribution in [0, 0.1) is 5.41 Å². The minimum atomic E-state index is 0.233. The number of H-pyrrole nitrogens is 1. The summed E-state index contributed by atoms with van der Waals surface area (Å²) in [5.41, 5.74) is 4.47.